The molecule has 0 saturated heterocycles. The fourth-order valence-electron chi connectivity index (χ4n) is 2.95. The molecule has 2 N–H and O–H groups in total. The average Bonchev–Trinajstić information content (AvgIpc) is 3.32. The molecule has 0 radical (unpaired) electrons. The number of benzene rings is 2. The number of carbonyl (C=O) groups excluding carboxylic acids is 1. The molecule has 2 aromatic heterocycles. The van der Waals surface area contributed by atoms with Gasteiger partial charge in [0, 0.05) is 11.9 Å². The smallest absolute Gasteiger partial charge is 0.263 e. The molecular weight excluding hydrogens is 426 g/mol. The van der Waals surface area contributed by atoms with E-state index in [-0.39, 0.29) is 16.6 Å². The molecule has 2 heterocycles. The molecule has 0 spiro atoms. The minimum atomic E-state index is -3.80. The van der Waals surface area contributed by atoms with Crippen molar-refractivity contribution in [2.24, 2.45) is 0 Å². The molecule has 0 atom stereocenters. The van der Waals surface area contributed by atoms with Crippen molar-refractivity contribution in [1.82, 2.24) is 4.98 Å². The predicted molar refractivity (Wildman–Crippen MR) is 123 cm³/mol. The number of furan rings is 1. The third-order valence-corrected chi connectivity index (χ3v) is 5.86. The molecule has 8 heteroatoms. The van der Waals surface area contributed by atoms with Gasteiger partial charge in [0.2, 0.25) is 0 Å². The number of hydrogen-bond acceptors (Lipinski definition) is 5. The first-order chi connectivity index (χ1) is 15.5. The molecule has 1 amide bonds. The number of amides is 1. The summed E-state index contributed by atoms with van der Waals surface area (Å²) in [6.45, 7) is 0. The molecule has 0 fully saturated rings. The van der Waals surface area contributed by atoms with Crippen LogP contribution in [0.25, 0.3) is 11.6 Å². The lowest BCUT2D eigenvalue weighted by Crippen LogP contribution is -2.15. The lowest BCUT2D eigenvalue weighted by Gasteiger charge is -2.11. The molecule has 160 valence electrons. The van der Waals surface area contributed by atoms with E-state index < -0.39 is 10.0 Å². The minimum absolute atomic E-state index is 0.0514. The zero-order chi connectivity index (χ0) is 22.4. The summed E-state index contributed by atoms with van der Waals surface area (Å²) in [7, 11) is -3.80. The van der Waals surface area contributed by atoms with E-state index in [9.17, 15) is 13.2 Å². The highest BCUT2D eigenvalue weighted by molar-refractivity contribution is 7.92. The molecule has 2 aromatic carbocycles. The Morgan fingerprint density at radius 3 is 2.28 bits per heavy atom. The SMILES string of the molecule is O=C(Nc1ccc(S(=O)(=O)Nc2ccccn2)cc1)/C(=C/c1ccco1)c1ccccc1. The highest BCUT2D eigenvalue weighted by Crippen LogP contribution is 2.22. The minimum Gasteiger partial charge on any atom is -0.465 e. The Balaban J connectivity index is 1.53. The van der Waals surface area contributed by atoms with Gasteiger partial charge in [-0.25, -0.2) is 13.4 Å². The quantitative estimate of drug-likeness (QED) is 0.403. The first kappa shape index (κ1) is 21.1. The van der Waals surface area contributed by atoms with Crippen LogP contribution in [0.15, 0.2) is 107 Å². The van der Waals surface area contributed by atoms with Gasteiger partial charge in [-0.05, 0) is 60.2 Å². The van der Waals surface area contributed by atoms with Crippen LogP contribution in [0.1, 0.15) is 11.3 Å². The van der Waals surface area contributed by atoms with Crippen molar-refractivity contribution in [3.63, 3.8) is 0 Å². The molecule has 0 saturated carbocycles. The topological polar surface area (TPSA) is 101 Å². The molecule has 0 aliphatic rings. The van der Waals surface area contributed by atoms with Gasteiger partial charge in [-0.2, -0.15) is 0 Å². The van der Waals surface area contributed by atoms with Crippen molar-refractivity contribution in [2.45, 2.75) is 4.90 Å². The van der Waals surface area contributed by atoms with E-state index in [0.717, 1.165) is 5.56 Å². The fourth-order valence-corrected chi connectivity index (χ4v) is 3.96. The molecular formula is C24H19N3O4S. The Morgan fingerprint density at radius 2 is 1.62 bits per heavy atom. The molecule has 0 aliphatic heterocycles. The van der Waals surface area contributed by atoms with Crippen molar-refractivity contribution >= 4 is 39.1 Å². The van der Waals surface area contributed by atoms with Crippen LogP contribution < -0.4 is 10.0 Å². The number of rotatable bonds is 7. The summed E-state index contributed by atoms with van der Waals surface area (Å²) in [5, 5.41) is 2.80. The van der Waals surface area contributed by atoms with Gasteiger partial charge in [0.25, 0.3) is 15.9 Å². The standard InChI is InChI=1S/C24H19N3O4S/c28-24(22(17-20-9-6-16-31-20)18-7-2-1-3-8-18)26-19-11-13-21(14-12-19)32(29,30)27-23-10-4-5-15-25-23/h1-17H,(H,25,27)(H,26,28)/b22-17+. The van der Waals surface area contributed by atoms with Crippen LogP contribution in [0.4, 0.5) is 11.5 Å². The monoisotopic (exact) mass is 445 g/mol. The summed E-state index contributed by atoms with van der Waals surface area (Å²) in [5.74, 6) is 0.413. The van der Waals surface area contributed by atoms with Crippen LogP contribution in [0.5, 0.6) is 0 Å². The molecule has 7 nitrogen and oxygen atoms in total. The number of sulfonamides is 1. The molecule has 0 aliphatic carbocycles. The zero-order valence-corrected chi connectivity index (χ0v) is 17.6. The third-order valence-electron chi connectivity index (χ3n) is 4.49. The highest BCUT2D eigenvalue weighted by atomic mass is 32.2. The maximum atomic E-state index is 13.0. The number of pyridine rings is 1. The Hall–Kier alpha value is -4.17. The number of nitrogens with one attached hydrogen (secondary N) is 2. The molecule has 32 heavy (non-hydrogen) atoms. The summed E-state index contributed by atoms with van der Waals surface area (Å²) in [6.07, 6.45) is 4.68. The Bertz CT molecular complexity index is 1320. The van der Waals surface area contributed by atoms with Crippen LogP contribution >= 0.6 is 0 Å². The normalized spacial score (nSPS) is 11.7. The Morgan fingerprint density at radius 1 is 0.875 bits per heavy atom. The first-order valence-electron chi connectivity index (χ1n) is 9.67. The van der Waals surface area contributed by atoms with E-state index >= 15 is 0 Å². The second-order valence-electron chi connectivity index (χ2n) is 6.74. The van der Waals surface area contributed by atoms with Crippen LogP contribution in [0.2, 0.25) is 0 Å². The van der Waals surface area contributed by atoms with Gasteiger partial charge < -0.3 is 9.73 Å². The maximum absolute atomic E-state index is 13.0. The lowest BCUT2D eigenvalue weighted by molar-refractivity contribution is -0.111. The van der Waals surface area contributed by atoms with Crippen molar-refractivity contribution in [3.05, 3.63) is 109 Å². The third kappa shape index (κ3) is 5.11. The van der Waals surface area contributed by atoms with E-state index in [4.69, 9.17) is 4.42 Å². The van der Waals surface area contributed by atoms with Crippen LogP contribution in [-0.4, -0.2) is 19.3 Å². The molecule has 0 unspecified atom stereocenters. The second kappa shape index (κ2) is 9.32. The largest absolute Gasteiger partial charge is 0.465 e. The predicted octanol–water partition coefficient (Wildman–Crippen LogP) is 4.65. The van der Waals surface area contributed by atoms with Gasteiger partial charge in [-0.3, -0.25) is 9.52 Å². The molecule has 0 bridgehead atoms. The van der Waals surface area contributed by atoms with E-state index in [2.05, 4.69) is 15.0 Å². The maximum Gasteiger partial charge on any atom is 0.263 e. The van der Waals surface area contributed by atoms with E-state index in [0.29, 0.717) is 17.0 Å². The van der Waals surface area contributed by atoms with Gasteiger partial charge >= 0.3 is 0 Å². The summed E-state index contributed by atoms with van der Waals surface area (Å²) in [6, 6.07) is 23.5. The van der Waals surface area contributed by atoms with Gasteiger partial charge in [0.1, 0.15) is 11.6 Å². The number of anilines is 2. The van der Waals surface area contributed by atoms with Crippen LogP contribution in [0.3, 0.4) is 0 Å². The summed E-state index contributed by atoms with van der Waals surface area (Å²) in [5.41, 5.74) is 1.59. The van der Waals surface area contributed by atoms with Crippen molar-refractivity contribution in [3.8, 4) is 0 Å². The summed E-state index contributed by atoms with van der Waals surface area (Å²) < 4.78 is 32.9. The Kier molecular flexibility index (Phi) is 6.14. The van der Waals surface area contributed by atoms with Gasteiger partial charge in [0.15, 0.2) is 0 Å². The van der Waals surface area contributed by atoms with E-state index in [1.54, 1.807) is 36.4 Å². The van der Waals surface area contributed by atoms with Crippen LogP contribution in [-0.2, 0) is 14.8 Å². The zero-order valence-electron chi connectivity index (χ0n) is 16.8. The van der Waals surface area contributed by atoms with Crippen molar-refractivity contribution in [2.75, 3.05) is 10.0 Å². The van der Waals surface area contributed by atoms with Crippen LogP contribution in [0, 0.1) is 0 Å². The fraction of sp³-hybridized carbons (Fsp3) is 0. The summed E-state index contributed by atoms with van der Waals surface area (Å²) in [4.78, 5) is 17.0. The van der Waals surface area contributed by atoms with Crippen molar-refractivity contribution < 1.29 is 17.6 Å². The molecule has 4 rings (SSSR count). The number of nitrogens with zero attached hydrogens (tertiary/aromatic N) is 1. The first-order valence-corrected chi connectivity index (χ1v) is 11.2. The average molecular weight is 446 g/mol. The lowest BCUT2D eigenvalue weighted by atomic mass is 10.0. The number of aromatic nitrogens is 1. The highest BCUT2D eigenvalue weighted by Gasteiger charge is 2.16. The van der Waals surface area contributed by atoms with Gasteiger partial charge in [-0.1, -0.05) is 36.4 Å². The number of hydrogen-bond donors (Lipinski definition) is 2. The van der Waals surface area contributed by atoms with E-state index in [1.807, 2.05) is 30.3 Å². The van der Waals surface area contributed by atoms with Gasteiger partial charge in [-0.15, -0.1) is 0 Å². The van der Waals surface area contributed by atoms with Gasteiger partial charge in [0.05, 0.1) is 16.7 Å². The summed E-state index contributed by atoms with van der Waals surface area (Å²) >= 11 is 0. The molecule has 4 aromatic rings. The number of carbonyl (C=O) groups is 1. The second-order valence-corrected chi connectivity index (χ2v) is 8.42. The van der Waals surface area contributed by atoms with Crippen molar-refractivity contribution in [1.29, 1.82) is 0 Å². The van der Waals surface area contributed by atoms with E-state index in [1.165, 1.54) is 36.7 Å². The Labute approximate surface area is 185 Å².